The second-order valence-corrected chi connectivity index (χ2v) is 5.14. The summed E-state index contributed by atoms with van der Waals surface area (Å²) in [5.41, 5.74) is 8.79. The van der Waals surface area contributed by atoms with Crippen LogP contribution >= 0.6 is 0 Å². The lowest BCUT2D eigenvalue weighted by Gasteiger charge is -2.19. The number of imidazole rings is 1. The average molecular weight is 241 g/mol. The highest BCUT2D eigenvalue weighted by Crippen LogP contribution is 2.32. The van der Waals surface area contributed by atoms with Gasteiger partial charge in [0.1, 0.15) is 5.82 Å². The van der Waals surface area contributed by atoms with Crippen molar-refractivity contribution >= 4 is 5.69 Å². The van der Waals surface area contributed by atoms with Gasteiger partial charge in [-0.25, -0.2) is 4.98 Å². The summed E-state index contributed by atoms with van der Waals surface area (Å²) in [7, 11) is 0. The normalized spacial score (nSPS) is 16.9. The van der Waals surface area contributed by atoms with Gasteiger partial charge in [0.2, 0.25) is 0 Å². The van der Waals surface area contributed by atoms with Crippen molar-refractivity contribution in [2.45, 2.75) is 38.0 Å². The van der Waals surface area contributed by atoms with E-state index in [1.165, 1.54) is 32.1 Å². The van der Waals surface area contributed by atoms with E-state index in [4.69, 9.17) is 5.73 Å². The molecule has 1 heterocycles. The number of nitrogens with zero attached hydrogens (tertiary/aromatic N) is 1. The summed E-state index contributed by atoms with van der Waals surface area (Å²) < 4.78 is 0. The van der Waals surface area contributed by atoms with Crippen LogP contribution < -0.4 is 5.73 Å². The number of hydrogen-bond donors (Lipinski definition) is 2. The molecule has 1 fully saturated rings. The van der Waals surface area contributed by atoms with Crippen LogP contribution in [0.1, 0.15) is 43.8 Å². The Labute approximate surface area is 107 Å². The number of anilines is 1. The van der Waals surface area contributed by atoms with Crippen LogP contribution in [0.4, 0.5) is 5.69 Å². The third-order valence-corrected chi connectivity index (χ3v) is 3.78. The van der Waals surface area contributed by atoms with Crippen LogP contribution in [0.2, 0.25) is 0 Å². The number of hydrogen-bond acceptors (Lipinski definition) is 2. The molecule has 0 radical (unpaired) electrons. The summed E-state index contributed by atoms with van der Waals surface area (Å²) in [5, 5.41) is 0. The number of rotatable bonds is 2. The molecule has 0 amide bonds. The minimum absolute atomic E-state index is 0.619. The molecule has 0 saturated heterocycles. The summed E-state index contributed by atoms with van der Waals surface area (Å²) in [6, 6.07) is 7.93. The van der Waals surface area contributed by atoms with E-state index in [1.807, 2.05) is 24.4 Å². The fourth-order valence-corrected chi connectivity index (χ4v) is 2.77. The molecule has 3 nitrogen and oxygen atoms in total. The van der Waals surface area contributed by atoms with E-state index in [0.29, 0.717) is 5.92 Å². The van der Waals surface area contributed by atoms with Crippen molar-refractivity contribution in [2.75, 3.05) is 5.73 Å². The predicted octanol–water partition coefficient (Wildman–Crippen LogP) is 3.71. The molecule has 0 unspecified atom stereocenters. The van der Waals surface area contributed by atoms with Gasteiger partial charge in [0.15, 0.2) is 0 Å². The minimum Gasteiger partial charge on any atom is -0.399 e. The monoisotopic (exact) mass is 241 g/mol. The molecule has 0 bridgehead atoms. The largest absolute Gasteiger partial charge is 0.399 e. The summed E-state index contributed by atoms with van der Waals surface area (Å²) >= 11 is 0. The second kappa shape index (κ2) is 4.84. The maximum Gasteiger partial charge on any atom is 0.109 e. The van der Waals surface area contributed by atoms with E-state index in [-0.39, 0.29) is 0 Å². The fraction of sp³-hybridized carbons (Fsp3) is 0.400. The van der Waals surface area contributed by atoms with Gasteiger partial charge < -0.3 is 10.7 Å². The molecule has 1 aliphatic rings. The number of nitrogen functional groups attached to an aromatic ring is 1. The second-order valence-electron chi connectivity index (χ2n) is 5.14. The highest BCUT2D eigenvalue weighted by molar-refractivity contribution is 5.63. The molecule has 0 atom stereocenters. The quantitative estimate of drug-likeness (QED) is 0.787. The summed E-state index contributed by atoms with van der Waals surface area (Å²) in [6.45, 7) is 0. The molecule has 3 heteroatoms. The maximum absolute atomic E-state index is 5.81. The third-order valence-electron chi connectivity index (χ3n) is 3.78. The van der Waals surface area contributed by atoms with Crippen molar-refractivity contribution in [3.63, 3.8) is 0 Å². The Morgan fingerprint density at radius 1 is 1.17 bits per heavy atom. The molecule has 18 heavy (non-hydrogen) atoms. The Kier molecular flexibility index (Phi) is 3.05. The predicted molar refractivity (Wildman–Crippen MR) is 74.3 cm³/mol. The molecular weight excluding hydrogens is 222 g/mol. The van der Waals surface area contributed by atoms with E-state index in [9.17, 15) is 0 Å². The Balaban J connectivity index is 1.84. The zero-order valence-corrected chi connectivity index (χ0v) is 10.5. The molecular formula is C15H19N3. The van der Waals surface area contributed by atoms with E-state index in [2.05, 4.69) is 16.0 Å². The third kappa shape index (κ3) is 2.26. The molecule has 1 aliphatic carbocycles. The molecule has 1 saturated carbocycles. The van der Waals surface area contributed by atoms with Gasteiger partial charge in [-0.3, -0.25) is 0 Å². The van der Waals surface area contributed by atoms with Gasteiger partial charge >= 0.3 is 0 Å². The van der Waals surface area contributed by atoms with Gasteiger partial charge in [0, 0.05) is 17.2 Å². The first-order chi connectivity index (χ1) is 8.83. The van der Waals surface area contributed by atoms with Gasteiger partial charge in [-0.2, -0.15) is 0 Å². The van der Waals surface area contributed by atoms with Crippen LogP contribution in [0, 0.1) is 0 Å². The number of aromatic amines is 1. The topological polar surface area (TPSA) is 54.7 Å². The smallest absolute Gasteiger partial charge is 0.109 e. The molecule has 1 aromatic carbocycles. The highest BCUT2D eigenvalue weighted by atomic mass is 14.9. The van der Waals surface area contributed by atoms with Crippen molar-refractivity contribution in [2.24, 2.45) is 0 Å². The van der Waals surface area contributed by atoms with Gasteiger partial charge in [0.05, 0.1) is 11.9 Å². The molecule has 3 N–H and O–H groups in total. The van der Waals surface area contributed by atoms with Crippen LogP contribution in [-0.4, -0.2) is 9.97 Å². The van der Waals surface area contributed by atoms with Crippen molar-refractivity contribution in [1.82, 2.24) is 9.97 Å². The first-order valence-corrected chi connectivity index (χ1v) is 6.74. The van der Waals surface area contributed by atoms with Crippen molar-refractivity contribution in [3.8, 4) is 11.3 Å². The SMILES string of the molecule is Nc1cccc(-c2cnc(C3CCCCC3)[nH]2)c1. The van der Waals surface area contributed by atoms with Gasteiger partial charge in [-0.05, 0) is 25.0 Å². The van der Waals surface area contributed by atoms with Crippen molar-refractivity contribution < 1.29 is 0 Å². The van der Waals surface area contributed by atoms with Gasteiger partial charge in [0.25, 0.3) is 0 Å². The van der Waals surface area contributed by atoms with E-state index < -0.39 is 0 Å². The highest BCUT2D eigenvalue weighted by Gasteiger charge is 2.18. The Morgan fingerprint density at radius 3 is 2.78 bits per heavy atom. The summed E-state index contributed by atoms with van der Waals surface area (Å²) in [6.07, 6.45) is 8.50. The number of nitrogens with two attached hydrogens (primary N) is 1. The van der Waals surface area contributed by atoms with Crippen molar-refractivity contribution in [1.29, 1.82) is 0 Å². The van der Waals surface area contributed by atoms with Crippen LogP contribution in [0.5, 0.6) is 0 Å². The van der Waals surface area contributed by atoms with E-state index >= 15 is 0 Å². The van der Waals surface area contributed by atoms with Gasteiger partial charge in [-0.1, -0.05) is 31.4 Å². The molecule has 2 aromatic rings. The Bertz CT molecular complexity index is 524. The fourth-order valence-electron chi connectivity index (χ4n) is 2.77. The Morgan fingerprint density at radius 2 is 2.00 bits per heavy atom. The van der Waals surface area contributed by atoms with Crippen molar-refractivity contribution in [3.05, 3.63) is 36.3 Å². The first kappa shape index (κ1) is 11.3. The zero-order chi connectivity index (χ0) is 12.4. The number of H-pyrrole nitrogens is 1. The van der Waals surface area contributed by atoms with E-state index in [0.717, 1.165) is 22.8 Å². The standard InChI is InChI=1S/C15H19N3/c16-13-8-4-7-12(9-13)14-10-17-15(18-14)11-5-2-1-3-6-11/h4,7-11H,1-3,5-6,16H2,(H,17,18). The Hall–Kier alpha value is -1.77. The lowest BCUT2D eigenvalue weighted by atomic mass is 9.89. The molecule has 0 aliphatic heterocycles. The minimum atomic E-state index is 0.619. The molecule has 1 aromatic heterocycles. The van der Waals surface area contributed by atoms with Crippen LogP contribution in [0.3, 0.4) is 0 Å². The maximum atomic E-state index is 5.81. The number of aromatic nitrogens is 2. The number of nitrogens with one attached hydrogen (secondary N) is 1. The van der Waals surface area contributed by atoms with Crippen LogP contribution in [0.15, 0.2) is 30.5 Å². The average Bonchev–Trinajstić information content (AvgIpc) is 2.89. The molecule has 94 valence electrons. The first-order valence-electron chi connectivity index (χ1n) is 6.74. The molecule has 0 spiro atoms. The number of benzene rings is 1. The molecule has 3 rings (SSSR count). The van der Waals surface area contributed by atoms with Crippen LogP contribution in [-0.2, 0) is 0 Å². The van der Waals surface area contributed by atoms with Crippen LogP contribution in [0.25, 0.3) is 11.3 Å². The summed E-state index contributed by atoms with van der Waals surface area (Å²) in [4.78, 5) is 8.01. The summed E-state index contributed by atoms with van der Waals surface area (Å²) in [5.74, 6) is 1.76. The lowest BCUT2D eigenvalue weighted by molar-refractivity contribution is 0.431. The zero-order valence-electron chi connectivity index (χ0n) is 10.5. The van der Waals surface area contributed by atoms with E-state index in [1.54, 1.807) is 0 Å². The lowest BCUT2D eigenvalue weighted by Crippen LogP contribution is -2.06. The van der Waals surface area contributed by atoms with Gasteiger partial charge in [-0.15, -0.1) is 0 Å².